The van der Waals surface area contributed by atoms with Gasteiger partial charge >= 0.3 is 6.09 Å². The van der Waals surface area contributed by atoms with Gasteiger partial charge in [-0.3, -0.25) is 4.79 Å². The third-order valence-electron chi connectivity index (χ3n) is 3.56. The second kappa shape index (κ2) is 8.47. The van der Waals surface area contributed by atoms with Gasteiger partial charge in [0.1, 0.15) is 5.69 Å². The zero-order valence-electron chi connectivity index (χ0n) is 14.5. The van der Waals surface area contributed by atoms with E-state index in [1.807, 2.05) is 45.0 Å². The van der Waals surface area contributed by atoms with Crippen LogP contribution in [0.25, 0.3) is 11.0 Å². The maximum absolute atomic E-state index is 12.6. The summed E-state index contributed by atoms with van der Waals surface area (Å²) in [4.78, 5) is 28.6. The summed E-state index contributed by atoms with van der Waals surface area (Å²) >= 11 is 0. The zero-order valence-corrected chi connectivity index (χ0v) is 14.5. The lowest BCUT2D eigenvalue weighted by molar-refractivity contribution is 0.142. The van der Waals surface area contributed by atoms with Gasteiger partial charge in [0.2, 0.25) is 0 Å². The first-order chi connectivity index (χ1) is 11.5. The second-order valence-electron chi connectivity index (χ2n) is 6.04. The van der Waals surface area contributed by atoms with Crippen molar-refractivity contribution < 1.29 is 9.53 Å². The van der Waals surface area contributed by atoms with Crippen molar-refractivity contribution in [1.29, 1.82) is 0 Å². The van der Waals surface area contributed by atoms with Crippen molar-refractivity contribution in [3.63, 3.8) is 0 Å². The lowest BCUT2D eigenvalue weighted by Crippen LogP contribution is -2.31. The fraction of sp³-hybridized carbons (Fsp3) is 0.500. The van der Waals surface area contributed by atoms with E-state index in [4.69, 9.17) is 4.74 Å². The number of aryl methyl sites for hydroxylation is 2. The van der Waals surface area contributed by atoms with Crippen molar-refractivity contribution in [2.24, 2.45) is 0 Å². The molecule has 2 rings (SSSR count). The Labute approximate surface area is 141 Å². The first-order valence-corrected chi connectivity index (χ1v) is 8.44. The largest absolute Gasteiger partial charge is 0.450 e. The van der Waals surface area contributed by atoms with Gasteiger partial charge in [-0.15, -0.1) is 0 Å². The van der Waals surface area contributed by atoms with E-state index in [1.54, 1.807) is 4.57 Å². The molecule has 24 heavy (non-hydrogen) atoms. The van der Waals surface area contributed by atoms with Gasteiger partial charge in [0.05, 0.1) is 17.6 Å². The molecule has 1 N–H and O–H groups in total. The molecule has 0 aliphatic rings. The lowest BCUT2D eigenvalue weighted by Gasteiger charge is -2.12. The molecule has 1 aromatic carbocycles. The fourth-order valence-corrected chi connectivity index (χ4v) is 2.54. The third kappa shape index (κ3) is 4.57. The normalized spacial score (nSPS) is 11.0. The van der Waals surface area contributed by atoms with Gasteiger partial charge in [-0.25, -0.2) is 9.78 Å². The molecule has 0 saturated carbocycles. The highest BCUT2D eigenvalue weighted by Gasteiger charge is 2.11. The van der Waals surface area contributed by atoms with E-state index in [1.165, 1.54) is 0 Å². The average molecular weight is 331 g/mol. The first kappa shape index (κ1) is 18.0. The van der Waals surface area contributed by atoms with Crippen LogP contribution >= 0.6 is 0 Å². The summed E-state index contributed by atoms with van der Waals surface area (Å²) in [5, 5.41) is 2.66. The third-order valence-corrected chi connectivity index (χ3v) is 3.56. The number of hydrogen-bond donors (Lipinski definition) is 1. The molecule has 6 nitrogen and oxygen atoms in total. The van der Waals surface area contributed by atoms with Crippen molar-refractivity contribution in [2.75, 3.05) is 6.61 Å². The van der Waals surface area contributed by atoms with Crippen LogP contribution in [0.5, 0.6) is 0 Å². The predicted octanol–water partition coefficient (Wildman–Crippen LogP) is 2.87. The number of amides is 1. The Kier molecular flexibility index (Phi) is 6.35. The smallest absolute Gasteiger partial charge is 0.407 e. The summed E-state index contributed by atoms with van der Waals surface area (Å²) in [6.07, 6.45) is 1.51. The number of nitrogens with zero attached hydrogens (tertiary/aromatic N) is 2. The van der Waals surface area contributed by atoms with Crippen molar-refractivity contribution >= 4 is 17.1 Å². The highest BCUT2D eigenvalue weighted by Crippen LogP contribution is 2.11. The van der Waals surface area contributed by atoms with Crippen LogP contribution in [0.1, 0.15) is 39.3 Å². The number of rotatable bonds is 7. The minimum atomic E-state index is -0.431. The molecule has 0 spiro atoms. The molecule has 0 aliphatic carbocycles. The summed E-state index contributed by atoms with van der Waals surface area (Å²) in [5.74, 6) is 0. The molecule has 0 fully saturated rings. The Balaban J connectivity index is 2.08. The van der Waals surface area contributed by atoms with E-state index in [2.05, 4.69) is 10.3 Å². The molecule has 0 aliphatic heterocycles. The van der Waals surface area contributed by atoms with Crippen molar-refractivity contribution in [3.8, 4) is 0 Å². The van der Waals surface area contributed by atoms with Crippen molar-refractivity contribution in [3.05, 3.63) is 40.3 Å². The molecule has 1 heterocycles. The topological polar surface area (TPSA) is 73.2 Å². The Morgan fingerprint density at radius 2 is 2.08 bits per heavy atom. The molecule has 0 saturated heterocycles. The Morgan fingerprint density at radius 1 is 1.33 bits per heavy atom. The summed E-state index contributed by atoms with van der Waals surface area (Å²) in [6.45, 7) is 6.72. The number of carbonyl (C=O) groups excluding carboxylic acids is 1. The predicted molar refractivity (Wildman–Crippen MR) is 94.2 cm³/mol. The van der Waals surface area contributed by atoms with E-state index in [0.29, 0.717) is 25.1 Å². The van der Waals surface area contributed by atoms with Gasteiger partial charge in [0.15, 0.2) is 0 Å². The first-order valence-electron chi connectivity index (χ1n) is 8.44. The number of hydrogen-bond acceptors (Lipinski definition) is 4. The van der Waals surface area contributed by atoms with Crippen LogP contribution < -0.4 is 10.9 Å². The summed E-state index contributed by atoms with van der Waals surface area (Å²) in [6, 6.07) is 7.70. The molecule has 0 atom stereocenters. The monoisotopic (exact) mass is 331 g/mol. The summed E-state index contributed by atoms with van der Waals surface area (Å²) in [5.41, 5.74) is 2.15. The molecule has 130 valence electrons. The maximum atomic E-state index is 12.6. The van der Waals surface area contributed by atoms with Gasteiger partial charge < -0.3 is 14.6 Å². The van der Waals surface area contributed by atoms with Crippen molar-refractivity contribution in [2.45, 2.75) is 52.6 Å². The quantitative estimate of drug-likeness (QED) is 0.792. The van der Waals surface area contributed by atoms with Gasteiger partial charge in [-0.2, -0.15) is 0 Å². The van der Waals surface area contributed by atoms with E-state index in [9.17, 15) is 9.59 Å². The minimum Gasteiger partial charge on any atom is -0.450 e. The van der Waals surface area contributed by atoms with Gasteiger partial charge in [-0.05, 0) is 45.2 Å². The minimum absolute atomic E-state index is 0.0425. The van der Waals surface area contributed by atoms with Crippen molar-refractivity contribution in [1.82, 2.24) is 14.9 Å². The molecule has 6 heteroatoms. The molecule has 1 aromatic heterocycles. The van der Waals surface area contributed by atoms with Gasteiger partial charge in [-0.1, -0.05) is 19.1 Å². The van der Waals surface area contributed by atoms with Crippen LogP contribution in [0.15, 0.2) is 29.1 Å². The van der Waals surface area contributed by atoms with Crippen LogP contribution in [-0.2, 0) is 17.7 Å². The number of para-hydroxylation sites is 2. The number of carbonyl (C=O) groups is 1. The second-order valence-corrected chi connectivity index (χ2v) is 6.04. The standard InChI is InChI=1S/C18H25N3O3/c1-4-11-21-16-10-6-5-8-14(16)20-15(17(21)22)9-7-12-24-18(23)19-13(2)3/h5-6,8,10,13H,4,7,9,11-12H2,1-3H3,(H,19,23). The van der Waals surface area contributed by atoms with Crippen LogP contribution in [-0.4, -0.2) is 28.3 Å². The zero-order chi connectivity index (χ0) is 17.5. The molecule has 0 unspecified atom stereocenters. The molecular formula is C18H25N3O3. The fourth-order valence-electron chi connectivity index (χ4n) is 2.54. The van der Waals surface area contributed by atoms with E-state index >= 15 is 0 Å². The lowest BCUT2D eigenvalue weighted by atomic mass is 10.2. The average Bonchev–Trinajstić information content (AvgIpc) is 2.54. The van der Waals surface area contributed by atoms with Crippen LogP contribution in [0, 0.1) is 0 Å². The number of fused-ring (bicyclic) bond motifs is 1. The maximum Gasteiger partial charge on any atom is 0.407 e. The number of aromatic nitrogens is 2. The van der Waals surface area contributed by atoms with E-state index < -0.39 is 6.09 Å². The molecule has 0 radical (unpaired) electrons. The summed E-state index contributed by atoms with van der Waals surface area (Å²) in [7, 11) is 0. The Hall–Kier alpha value is -2.37. The van der Waals surface area contributed by atoms with Gasteiger partial charge in [0, 0.05) is 12.6 Å². The Bertz CT molecular complexity index is 753. The number of nitrogens with one attached hydrogen (secondary N) is 1. The molecule has 1 amide bonds. The number of ether oxygens (including phenoxy) is 1. The van der Waals surface area contributed by atoms with Crippen LogP contribution in [0.2, 0.25) is 0 Å². The molecular weight excluding hydrogens is 306 g/mol. The SMILES string of the molecule is CCCn1c(=O)c(CCCOC(=O)NC(C)C)nc2ccccc21. The highest BCUT2D eigenvalue weighted by atomic mass is 16.5. The van der Waals surface area contributed by atoms with E-state index in [0.717, 1.165) is 17.5 Å². The number of alkyl carbamates (subject to hydrolysis) is 1. The number of benzene rings is 1. The van der Waals surface area contributed by atoms with Gasteiger partial charge in [0.25, 0.3) is 5.56 Å². The molecule has 2 aromatic rings. The van der Waals surface area contributed by atoms with Crippen LogP contribution in [0.4, 0.5) is 4.79 Å². The summed E-state index contributed by atoms with van der Waals surface area (Å²) < 4.78 is 6.87. The van der Waals surface area contributed by atoms with Crippen LogP contribution in [0.3, 0.4) is 0 Å². The molecule has 0 bridgehead atoms. The van der Waals surface area contributed by atoms with E-state index in [-0.39, 0.29) is 18.2 Å². The highest BCUT2D eigenvalue weighted by molar-refractivity contribution is 5.74. The Morgan fingerprint density at radius 3 is 2.79 bits per heavy atom.